The maximum Gasteiger partial charge on any atom is 0.225 e. The summed E-state index contributed by atoms with van der Waals surface area (Å²) in [5, 5.41) is 2.95. The van der Waals surface area contributed by atoms with Crippen LogP contribution in [0, 0.1) is 11.3 Å². The molecule has 1 atom stereocenters. The molecule has 1 fully saturated rings. The van der Waals surface area contributed by atoms with Crippen molar-refractivity contribution >= 4 is 5.91 Å². The highest BCUT2D eigenvalue weighted by Gasteiger charge is 2.23. The molecule has 0 aliphatic carbocycles. The molecule has 3 heteroatoms. The highest BCUT2D eigenvalue weighted by molar-refractivity contribution is 5.81. The van der Waals surface area contributed by atoms with Gasteiger partial charge >= 0.3 is 0 Å². The normalized spacial score (nSPS) is 23.2. The van der Waals surface area contributed by atoms with E-state index in [9.17, 15) is 4.79 Å². The summed E-state index contributed by atoms with van der Waals surface area (Å²) in [4.78, 5) is 11.5. The van der Waals surface area contributed by atoms with E-state index in [0.29, 0.717) is 5.92 Å². The molecule has 0 spiro atoms. The number of amides is 1. The van der Waals surface area contributed by atoms with Gasteiger partial charge < -0.3 is 10.1 Å². The molecule has 0 bridgehead atoms. The van der Waals surface area contributed by atoms with Gasteiger partial charge in [0, 0.05) is 24.5 Å². The summed E-state index contributed by atoms with van der Waals surface area (Å²) in [7, 11) is 0. The Morgan fingerprint density at radius 2 is 2.23 bits per heavy atom. The lowest BCUT2D eigenvalue weighted by molar-refractivity contribution is -0.128. The molecule has 1 aliphatic heterocycles. The van der Waals surface area contributed by atoms with Crippen LogP contribution >= 0.6 is 0 Å². The van der Waals surface area contributed by atoms with Crippen molar-refractivity contribution in [3.05, 3.63) is 0 Å². The van der Waals surface area contributed by atoms with E-state index in [1.54, 1.807) is 0 Å². The molecule has 0 aromatic carbocycles. The second-order valence-corrected chi connectivity index (χ2v) is 4.69. The Kier molecular flexibility index (Phi) is 3.31. The zero-order valence-electron chi connectivity index (χ0n) is 8.72. The third kappa shape index (κ3) is 3.35. The largest absolute Gasteiger partial charge is 0.381 e. The average Bonchev–Trinajstić information content (AvgIpc) is 2.50. The van der Waals surface area contributed by atoms with Gasteiger partial charge in [0.05, 0.1) is 6.61 Å². The smallest absolute Gasteiger partial charge is 0.225 e. The Balaban J connectivity index is 2.22. The van der Waals surface area contributed by atoms with Gasteiger partial charge in [-0.05, 0) is 6.42 Å². The summed E-state index contributed by atoms with van der Waals surface area (Å²) >= 11 is 0. The summed E-state index contributed by atoms with van der Waals surface area (Å²) in [6.45, 7) is 8.17. The zero-order chi connectivity index (χ0) is 9.90. The van der Waals surface area contributed by atoms with Gasteiger partial charge in [0.15, 0.2) is 0 Å². The molecular weight excluding hydrogens is 166 g/mol. The Hall–Kier alpha value is -0.570. The van der Waals surface area contributed by atoms with Crippen molar-refractivity contribution in [1.82, 2.24) is 5.32 Å². The van der Waals surface area contributed by atoms with Gasteiger partial charge in [0.1, 0.15) is 0 Å². The number of hydrogen-bond acceptors (Lipinski definition) is 2. The standard InChI is InChI=1S/C10H19NO2/c1-10(2,3)9(12)11-6-8-4-5-13-7-8/h8H,4-7H2,1-3H3,(H,11,12)/t8-/m1/s1. The monoisotopic (exact) mass is 185 g/mol. The Bertz CT molecular complexity index is 178. The fourth-order valence-corrected chi connectivity index (χ4v) is 1.25. The molecule has 0 aromatic rings. The van der Waals surface area contributed by atoms with E-state index in [1.807, 2.05) is 20.8 Å². The van der Waals surface area contributed by atoms with E-state index in [2.05, 4.69) is 5.32 Å². The van der Waals surface area contributed by atoms with Crippen molar-refractivity contribution in [3.8, 4) is 0 Å². The average molecular weight is 185 g/mol. The quantitative estimate of drug-likeness (QED) is 0.701. The van der Waals surface area contributed by atoms with Crippen molar-refractivity contribution in [2.24, 2.45) is 11.3 Å². The summed E-state index contributed by atoms with van der Waals surface area (Å²) in [5.74, 6) is 0.644. The van der Waals surface area contributed by atoms with Crippen LogP contribution in [0.25, 0.3) is 0 Å². The van der Waals surface area contributed by atoms with Crippen LogP contribution in [0.1, 0.15) is 27.2 Å². The lowest BCUT2D eigenvalue weighted by Crippen LogP contribution is -2.37. The summed E-state index contributed by atoms with van der Waals surface area (Å²) < 4.78 is 5.22. The number of rotatable bonds is 2. The molecular formula is C10H19NO2. The van der Waals surface area contributed by atoms with Crippen molar-refractivity contribution in [2.75, 3.05) is 19.8 Å². The molecule has 1 N–H and O–H groups in total. The number of carbonyl (C=O) groups excluding carboxylic acids is 1. The number of ether oxygens (including phenoxy) is 1. The topological polar surface area (TPSA) is 38.3 Å². The summed E-state index contributed by atoms with van der Waals surface area (Å²) in [5.41, 5.74) is -0.278. The lowest BCUT2D eigenvalue weighted by Gasteiger charge is -2.19. The van der Waals surface area contributed by atoms with Crippen LogP contribution < -0.4 is 5.32 Å². The predicted octanol–water partition coefficient (Wildman–Crippen LogP) is 1.19. The van der Waals surface area contributed by atoms with Crippen LogP contribution in [0.3, 0.4) is 0 Å². The first-order chi connectivity index (χ1) is 6.00. The Morgan fingerprint density at radius 1 is 1.54 bits per heavy atom. The van der Waals surface area contributed by atoms with Gasteiger partial charge in [0.2, 0.25) is 5.91 Å². The SMILES string of the molecule is CC(C)(C)C(=O)NC[C@H]1CCOC1. The zero-order valence-corrected chi connectivity index (χ0v) is 8.72. The highest BCUT2D eigenvalue weighted by Crippen LogP contribution is 2.14. The second-order valence-electron chi connectivity index (χ2n) is 4.69. The molecule has 3 nitrogen and oxygen atoms in total. The van der Waals surface area contributed by atoms with E-state index >= 15 is 0 Å². The molecule has 76 valence electrons. The van der Waals surface area contributed by atoms with Crippen LogP contribution in [0.4, 0.5) is 0 Å². The number of carbonyl (C=O) groups is 1. The minimum Gasteiger partial charge on any atom is -0.381 e. The van der Waals surface area contributed by atoms with Gasteiger partial charge in [-0.25, -0.2) is 0 Å². The predicted molar refractivity (Wildman–Crippen MR) is 51.4 cm³/mol. The molecule has 1 heterocycles. The highest BCUT2D eigenvalue weighted by atomic mass is 16.5. The van der Waals surface area contributed by atoms with Crippen LogP contribution in [-0.2, 0) is 9.53 Å². The van der Waals surface area contributed by atoms with Crippen molar-refractivity contribution in [3.63, 3.8) is 0 Å². The lowest BCUT2D eigenvalue weighted by atomic mass is 9.95. The minimum atomic E-state index is -0.278. The van der Waals surface area contributed by atoms with E-state index in [-0.39, 0.29) is 11.3 Å². The van der Waals surface area contributed by atoms with E-state index in [1.165, 1.54) is 0 Å². The Morgan fingerprint density at radius 3 is 2.69 bits per heavy atom. The number of hydrogen-bond donors (Lipinski definition) is 1. The van der Waals surface area contributed by atoms with Crippen molar-refractivity contribution < 1.29 is 9.53 Å². The first kappa shape index (κ1) is 10.5. The fraction of sp³-hybridized carbons (Fsp3) is 0.900. The third-order valence-corrected chi connectivity index (χ3v) is 2.26. The van der Waals surface area contributed by atoms with Crippen LogP contribution in [0.5, 0.6) is 0 Å². The molecule has 1 aliphatic rings. The molecule has 0 unspecified atom stereocenters. The van der Waals surface area contributed by atoms with Gasteiger partial charge in [0.25, 0.3) is 0 Å². The van der Waals surface area contributed by atoms with Crippen molar-refractivity contribution in [2.45, 2.75) is 27.2 Å². The second kappa shape index (κ2) is 4.09. The molecule has 0 saturated carbocycles. The maximum absolute atomic E-state index is 11.5. The fourth-order valence-electron chi connectivity index (χ4n) is 1.25. The van der Waals surface area contributed by atoms with Gasteiger partial charge in [-0.15, -0.1) is 0 Å². The van der Waals surface area contributed by atoms with Gasteiger partial charge in [-0.2, -0.15) is 0 Å². The third-order valence-electron chi connectivity index (χ3n) is 2.26. The minimum absolute atomic E-state index is 0.124. The summed E-state index contributed by atoms with van der Waals surface area (Å²) in [6, 6.07) is 0. The molecule has 1 rings (SSSR count). The van der Waals surface area contributed by atoms with Gasteiger partial charge in [-0.3, -0.25) is 4.79 Å². The Labute approximate surface area is 79.8 Å². The van der Waals surface area contributed by atoms with E-state index in [4.69, 9.17) is 4.74 Å². The molecule has 0 aromatic heterocycles. The van der Waals surface area contributed by atoms with Gasteiger partial charge in [-0.1, -0.05) is 20.8 Å². The molecule has 1 saturated heterocycles. The maximum atomic E-state index is 11.5. The molecule has 1 amide bonds. The first-order valence-electron chi connectivity index (χ1n) is 4.86. The van der Waals surface area contributed by atoms with E-state index in [0.717, 1.165) is 26.2 Å². The van der Waals surface area contributed by atoms with Crippen molar-refractivity contribution in [1.29, 1.82) is 0 Å². The number of nitrogens with one attached hydrogen (secondary N) is 1. The molecule has 0 radical (unpaired) electrons. The van der Waals surface area contributed by atoms with Crippen LogP contribution in [0.2, 0.25) is 0 Å². The first-order valence-corrected chi connectivity index (χ1v) is 4.86. The van der Waals surface area contributed by atoms with E-state index < -0.39 is 0 Å². The van der Waals surface area contributed by atoms with Crippen LogP contribution in [0.15, 0.2) is 0 Å². The van der Waals surface area contributed by atoms with Crippen LogP contribution in [-0.4, -0.2) is 25.7 Å². The summed E-state index contributed by atoms with van der Waals surface area (Å²) in [6.07, 6.45) is 1.07. The molecule has 13 heavy (non-hydrogen) atoms.